The number of nitrogens with zero attached hydrogens (tertiary/aromatic N) is 4. The molecule has 1 aliphatic rings. The van der Waals surface area contributed by atoms with Gasteiger partial charge in [0, 0.05) is 45.0 Å². The molecule has 6 nitrogen and oxygen atoms in total. The molecule has 0 amide bonds. The van der Waals surface area contributed by atoms with Gasteiger partial charge in [0.25, 0.3) is 0 Å². The first-order valence-corrected chi connectivity index (χ1v) is 8.59. The third-order valence-corrected chi connectivity index (χ3v) is 4.36. The highest BCUT2D eigenvalue weighted by Crippen LogP contribution is 2.28. The molecule has 2 rings (SSSR count). The van der Waals surface area contributed by atoms with E-state index in [0.717, 1.165) is 43.9 Å². The number of guanidine groups is 1. The number of ether oxygens (including phenoxy) is 1. The van der Waals surface area contributed by atoms with E-state index in [2.05, 4.69) is 36.2 Å². The lowest BCUT2D eigenvalue weighted by atomic mass is 10.2. The van der Waals surface area contributed by atoms with E-state index in [9.17, 15) is 0 Å². The van der Waals surface area contributed by atoms with E-state index in [4.69, 9.17) is 9.73 Å². The topological polar surface area (TPSA) is 54.7 Å². The molecule has 1 aromatic rings. The zero-order chi connectivity index (χ0) is 16.8. The van der Waals surface area contributed by atoms with Crippen molar-refractivity contribution < 1.29 is 4.74 Å². The summed E-state index contributed by atoms with van der Waals surface area (Å²) < 4.78 is 7.64. The molecule has 0 aliphatic heterocycles. The number of hydrogen-bond acceptors (Lipinski definition) is 3. The molecule has 0 unspecified atom stereocenters. The quantitative estimate of drug-likeness (QED) is 0.451. The first-order valence-electron chi connectivity index (χ1n) is 8.59. The summed E-state index contributed by atoms with van der Waals surface area (Å²) in [5.74, 6) is 1.74. The minimum atomic E-state index is 0.654. The van der Waals surface area contributed by atoms with Crippen LogP contribution in [0.3, 0.4) is 0 Å². The highest BCUT2D eigenvalue weighted by Gasteiger charge is 2.21. The summed E-state index contributed by atoms with van der Waals surface area (Å²) in [6.07, 6.45) is 2.67. The van der Waals surface area contributed by atoms with Gasteiger partial charge in [-0.05, 0) is 39.5 Å². The van der Waals surface area contributed by atoms with Crippen molar-refractivity contribution in [2.45, 2.75) is 40.2 Å². The number of aliphatic imine (C=N–C) groups is 1. The summed E-state index contributed by atoms with van der Waals surface area (Å²) in [7, 11) is 4.04. The van der Waals surface area contributed by atoms with Gasteiger partial charge in [-0.25, -0.2) is 4.99 Å². The Morgan fingerprint density at radius 2 is 2.17 bits per heavy atom. The molecule has 0 radical (unpaired) electrons. The Bertz CT molecular complexity index is 533. The Balaban J connectivity index is 1.89. The van der Waals surface area contributed by atoms with Crippen molar-refractivity contribution >= 4 is 5.96 Å². The maximum Gasteiger partial charge on any atom is 0.194 e. The third-order valence-electron chi connectivity index (χ3n) is 4.36. The molecule has 0 aromatic carbocycles. The second-order valence-electron chi connectivity index (χ2n) is 6.38. The summed E-state index contributed by atoms with van der Waals surface area (Å²) in [5.41, 5.74) is 3.44. The molecule has 23 heavy (non-hydrogen) atoms. The Labute approximate surface area is 139 Å². The van der Waals surface area contributed by atoms with Crippen LogP contribution in [0.1, 0.15) is 36.7 Å². The van der Waals surface area contributed by atoms with Crippen LogP contribution in [0.25, 0.3) is 0 Å². The number of nitrogens with one attached hydrogen (secondary N) is 1. The molecule has 1 N–H and O–H groups in total. The van der Waals surface area contributed by atoms with Crippen LogP contribution in [0, 0.1) is 19.8 Å². The van der Waals surface area contributed by atoms with E-state index in [1.807, 2.05) is 18.7 Å². The fraction of sp³-hybridized carbons (Fsp3) is 0.765. The summed E-state index contributed by atoms with van der Waals surface area (Å²) in [6.45, 7) is 10.3. The number of rotatable bonds is 8. The normalized spacial score (nSPS) is 15.1. The molecule has 0 saturated heterocycles. The minimum absolute atomic E-state index is 0.654. The zero-order valence-corrected chi connectivity index (χ0v) is 15.2. The van der Waals surface area contributed by atoms with Gasteiger partial charge in [-0.2, -0.15) is 5.10 Å². The molecule has 0 bridgehead atoms. The monoisotopic (exact) mass is 321 g/mol. The molecule has 6 heteroatoms. The van der Waals surface area contributed by atoms with Gasteiger partial charge < -0.3 is 15.0 Å². The molecule has 1 heterocycles. The van der Waals surface area contributed by atoms with Crippen LogP contribution < -0.4 is 5.32 Å². The van der Waals surface area contributed by atoms with Gasteiger partial charge in [0.2, 0.25) is 0 Å². The van der Waals surface area contributed by atoms with Crippen molar-refractivity contribution in [1.29, 1.82) is 0 Å². The van der Waals surface area contributed by atoms with E-state index >= 15 is 0 Å². The first kappa shape index (κ1) is 17.8. The lowest BCUT2D eigenvalue weighted by molar-refractivity contribution is 0.115. The Morgan fingerprint density at radius 3 is 2.74 bits per heavy atom. The molecule has 1 saturated carbocycles. The average Bonchev–Trinajstić information content (AvgIpc) is 3.30. The van der Waals surface area contributed by atoms with Gasteiger partial charge in [-0.1, -0.05) is 0 Å². The van der Waals surface area contributed by atoms with Crippen molar-refractivity contribution in [2.75, 3.05) is 33.4 Å². The maximum atomic E-state index is 5.72. The fourth-order valence-electron chi connectivity index (χ4n) is 2.51. The van der Waals surface area contributed by atoms with Gasteiger partial charge in [-0.3, -0.25) is 4.68 Å². The summed E-state index contributed by atoms with van der Waals surface area (Å²) in [5, 5.41) is 7.81. The van der Waals surface area contributed by atoms with Crippen molar-refractivity contribution in [3.63, 3.8) is 0 Å². The van der Waals surface area contributed by atoms with Crippen molar-refractivity contribution in [2.24, 2.45) is 18.0 Å². The third kappa shape index (κ3) is 5.23. The van der Waals surface area contributed by atoms with Gasteiger partial charge in [-0.15, -0.1) is 0 Å². The molecule has 1 aliphatic carbocycles. The van der Waals surface area contributed by atoms with Crippen LogP contribution in [0.15, 0.2) is 4.99 Å². The lowest BCUT2D eigenvalue weighted by Gasteiger charge is -2.22. The van der Waals surface area contributed by atoms with E-state index in [0.29, 0.717) is 6.54 Å². The van der Waals surface area contributed by atoms with Gasteiger partial charge in [0.15, 0.2) is 5.96 Å². The highest BCUT2D eigenvalue weighted by atomic mass is 16.5. The predicted octanol–water partition coefficient (Wildman–Crippen LogP) is 1.86. The number of aryl methyl sites for hydroxylation is 2. The van der Waals surface area contributed by atoms with Crippen LogP contribution in [0.4, 0.5) is 0 Å². The molecular weight excluding hydrogens is 290 g/mol. The van der Waals surface area contributed by atoms with Gasteiger partial charge in [0.1, 0.15) is 0 Å². The number of hydrogen-bond donors (Lipinski definition) is 1. The van der Waals surface area contributed by atoms with E-state index in [1.54, 1.807) is 0 Å². The first-order chi connectivity index (χ1) is 11.0. The predicted molar refractivity (Wildman–Crippen MR) is 93.7 cm³/mol. The fourth-order valence-corrected chi connectivity index (χ4v) is 2.51. The molecule has 130 valence electrons. The highest BCUT2D eigenvalue weighted by molar-refractivity contribution is 5.79. The van der Waals surface area contributed by atoms with Crippen molar-refractivity contribution in [3.05, 3.63) is 17.0 Å². The zero-order valence-electron chi connectivity index (χ0n) is 15.2. The van der Waals surface area contributed by atoms with E-state index in [1.165, 1.54) is 24.1 Å². The van der Waals surface area contributed by atoms with Crippen LogP contribution in [0.5, 0.6) is 0 Å². The van der Waals surface area contributed by atoms with E-state index in [-0.39, 0.29) is 0 Å². The second kappa shape index (κ2) is 8.34. The summed E-state index contributed by atoms with van der Waals surface area (Å²) in [6, 6.07) is 0. The Hall–Kier alpha value is -1.56. The minimum Gasteiger partial charge on any atom is -0.379 e. The van der Waals surface area contributed by atoms with Crippen LogP contribution >= 0.6 is 0 Å². The van der Waals surface area contributed by atoms with Crippen LogP contribution in [0.2, 0.25) is 0 Å². The second-order valence-corrected chi connectivity index (χ2v) is 6.38. The molecule has 0 atom stereocenters. The van der Waals surface area contributed by atoms with E-state index < -0.39 is 0 Å². The van der Waals surface area contributed by atoms with Gasteiger partial charge in [0.05, 0.1) is 18.8 Å². The van der Waals surface area contributed by atoms with Crippen molar-refractivity contribution in [1.82, 2.24) is 20.0 Å². The SMILES string of the molecule is CCNC(=NCc1c(C)nn(C)c1C)N(C)CCOCC1CC1. The Morgan fingerprint density at radius 1 is 1.43 bits per heavy atom. The Kier molecular flexibility index (Phi) is 6.45. The summed E-state index contributed by atoms with van der Waals surface area (Å²) in [4.78, 5) is 6.90. The smallest absolute Gasteiger partial charge is 0.194 e. The van der Waals surface area contributed by atoms with Crippen LogP contribution in [-0.2, 0) is 18.3 Å². The van der Waals surface area contributed by atoms with Gasteiger partial charge >= 0.3 is 0 Å². The summed E-state index contributed by atoms with van der Waals surface area (Å²) >= 11 is 0. The molecule has 0 spiro atoms. The standard InChI is InChI=1S/C17H31N5O/c1-6-18-17(21(4)9-10-23-12-15-7-8-15)19-11-16-13(2)20-22(5)14(16)3/h15H,6-12H2,1-5H3,(H,18,19). The average molecular weight is 321 g/mol. The van der Waals surface area contributed by atoms with Crippen molar-refractivity contribution in [3.8, 4) is 0 Å². The maximum absolute atomic E-state index is 5.72. The molecular formula is C17H31N5O. The molecule has 1 aromatic heterocycles. The number of aromatic nitrogens is 2. The lowest BCUT2D eigenvalue weighted by Crippen LogP contribution is -2.40. The van der Waals surface area contributed by atoms with Crippen LogP contribution in [-0.4, -0.2) is 54.0 Å². The molecule has 1 fully saturated rings. The number of likely N-dealkylation sites (N-methyl/N-ethyl adjacent to an activating group) is 1. The largest absolute Gasteiger partial charge is 0.379 e.